The highest BCUT2D eigenvalue weighted by Crippen LogP contribution is 2.26. The summed E-state index contributed by atoms with van der Waals surface area (Å²) in [4.78, 5) is 12.6. The van der Waals surface area contributed by atoms with Crippen LogP contribution in [0.1, 0.15) is 56.9 Å². The van der Waals surface area contributed by atoms with Gasteiger partial charge in [-0.2, -0.15) is 0 Å². The maximum absolute atomic E-state index is 12.6. The first kappa shape index (κ1) is 16.3. The van der Waals surface area contributed by atoms with Gasteiger partial charge < -0.3 is 14.6 Å². The second-order valence-corrected chi connectivity index (χ2v) is 6.75. The van der Waals surface area contributed by atoms with Crippen molar-refractivity contribution in [2.45, 2.75) is 76.1 Å². The van der Waals surface area contributed by atoms with Gasteiger partial charge in [-0.05, 0) is 56.2 Å². The second-order valence-electron chi connectivity index (χ2n) is 6.75. The molecule has 1 aromatic rings. The van der Waals surface area contributed by atoms with E-state index in [2.05, 4.69) is 0 Å². The van der Waals surface area contributed by atoms with Crippen molar-refractivity contribution < 1.29 is 19.4 Å². The zero-order valence-corrected chi connectivity index (χ0v) is 13.6. The summed E-state index contributed by atoms with van der Waals surface area (Å²) in [6, 6.07) is 6.96. The van der Waals surface area contributed by atoms with Gasteiger partial charge in [0.15, 0.2) is 6.10 Å². The third-order valence-electron chi connectivity index (χ3n) is 4.86. The lowest BCUT2D eigenvalue weighted by Gasteiger charge is -2.23. The molecule has 0 bridgehead atoms. The fraction of sp³-hybridized carbons (Fsp3) is 0.632. The molecule has 126 valence electrons. The molecule has 0 amide bonds. The van der Waals surface area contributed by atoms with E-state index in [1.165, 1.54) is 12.8 Å². The predicted molar refractivity (Wildman–Crippen MR) is 87.3 cm³/mol. The third kappa shape index (κ3) is 4.71. The van der Waals surface area contributed by atoms with Crippen LogP contribution < -0.4 is 0 Å². The van der Waals surface area contributed by atoms with Crippen LogP contribution >= 0.6 is 0 Å². The van der Waals surface area contributed by atoms with Crippen LogP contribution in [0.2, 0.25) is 0 Å². The molecule has 0 radical (unpaired) electrons. The topological polar surface area (TPSA) is 55.8 Å². The molecule has 0 aliphatic heterocycles. The number of benzene rings is 1. The second kappa shape index (κ2) is 7.82. The van der Waals surface area contributed by atoms with Crippen LogP contribution in [-0.2, 0) is 20.7 Å². The Morgan fingerprint density at radius 1 is 1.00 bits per heavy atom. The first-order chi connectivity index (χ1) is 11.2. The quantitative estimate of drug-likeness (QED) is 0.812. The van der Waals surface area contributed by atoms with Gasteiger partial charge in [-0.15, -0.1) is 0 Å². The molecule has 4 heteroatoms. The number of phenols is 1. The first-order valence-electron chi connectivity index (χ1n) is 8.84. The lowest BCUT2D eigenvalue weighted by atomic mass is 10.1. The summed E-state index contributed by atoms with van der Waals surface area (Å²) in [7, 11) is 0. The van der Waals surface area contributed by atoms with Crippen molar-refractivity contribution >= 4 is 5.97 Å². The molecule has 0 aromatic heterocycles. The number of phenolic OH excluding ortho intramolecular Hbond substituents is 1. The fourth-order valence-corrected chi connectivity index (χ4v) is 3.54. The lowest BCUT2D eigenvalue weighted by molar-refractivity contribution is -0.166. The highest BCUT2D eigenvalue weighted by molar-refractivity contribution is 5.75. The molecule has 3 rings (SSSR count). The SMILES string of the molecule is O=C(OC1CCCC1)[C@H](Cc1ccc(O)cc1)OC1CCCC1. The number of hydrogen-bond donors (Lipinski definition) is 1. The summed E-state index contributed by atoms with van der Waals surface area (Å²) in [6.45, 7) is 0. The van der Waals surface area contributed by atoms with Gasteiger partial charge in [0.05, 0.1) is 6.10 Å². The van der Waals surface area contributed by atoms with E-state index in [1.54, 1.807) is 12.1 Å². The first-order valence-corrected chi connectivity index (χ1v) is 8.84. The van der Waals surface area contributed by atoms with Crippen molar-refractivity contribution in [2.75, 3.05) is 0 Å². The Morgan fingerprint density at radius 3 is 2.17 bits per heavy atom. The van der Waals surface area contributed by atoms with Gasteiger partial charge in [-0.1, -0.05) is 25.0 Å². The molecule has 0 spiro atoms. The highest BCUT2D eigenvalue weighted by Gasteiger charge is 2.29. The van der Waals surface area contributed by atoms with E-state index in [1.807, 2.05) is 12.1 Å². The monoisotopic (exact) mass is 318 g/mol. The van der Waals surface area contributed by atoms with E-state index < -0.39 is 6.10 Å². The molecule has 1 N–H and O–H groups in total. The summed E-state index contributed by atoms with van der Waals surface area (Å²) in [5, 5.41) is 9.40. The van der Waals surface area contributed by atoms with E-state index in [9.17, 15) is 9.90 Å². The van der Waals surface area contributed by atoms with E-state index in [4.69, 9.17) is 9.47 Å². The lowest BCUT2D eigenvalue weighted by Crippen LogP contribution is -2.34. The number of aromatic hydroxyl groups is 1. The Kier molecular flexibility index (Phi) is 5.55. The number of carbonyl (C=O) groups is 1. The summed E-state index contributed by atoms with van der Waals surface area (Å²) in [5.41, 5.74) is 0.981. The minimum atomic E-state index is -0.539. The van der Waals surface area contributed by atoms with Crippen LogP contribution in [0.5, 0.6) is 5.75 Å². The number of rotatable bonds is 6. The van der Waals surface area contributed by atoms with Crippen LogP contribution in [0.3, 0.4) is 0 Å². The Hall–Kier alpha value is -1.55. The molecular formula is C19H26O4. The molecule has 23 heavy (non-hydrogen) atoms. The molecular weight excluding hydrogens is 292 g/mol. The van der Waals surface area contributed by atoms with Gasteiger partial charge in [0.25, 0.3) is 0 Å². The normalized spacial score (nSPS) is 20.7. The molecule has 0 unspecified atom stereocenters. The van der Waals surface area contributed by atoms with Crippen molar-refractivity contribution in [1.29, 1.82) is 0 Å². The van der Waals surface area contributed by atoms with Gasteiger partial charge in [0.2, 0.25) is 0 Å². The molecule has 0 heterocycles. The van der Waals surface area contributed by atoms with Gasteiger partial charge in [-0.3, -0.25) is 0 Å². The number of hydrogen-bond acceptors (Lipinski definition) is 4. The molecule has 1 atom stereocenters. The molecule has 2 aliphatic rings. The van der Waals surface area contributed by atoms with Crippen LogP contribution in [0.4, 0.5) is 0 Å². The van der Waals surface area contributed by atoms with E-state index in [0.717, 1.165) is 44.1 Å². The smallest absolute Gasteiger partial charge is 0.335 e. The van der Waals surface area contributed by atoms with Gasteiger partial charge >= 0.3 is 5.97 Å². The average molecular weight is 318 g/mol. The Balaban J connectivity index is 1.63. The van der Waals surface area contributed by atoms with Crippen LogP contribution in [0, 0.1) is 0 Å². The van der Waals surface area contributed by atoms with Crippen LogP contribution in [0.15, 0.2) is 24.3 Å². The zero-order chi connectivity index (χ0) is 16.1. The molecule has 0 saturated heterocycles. The van der Waals surface area contributed by atoms with Crippen molar-refractivity contribution in [3.8, 4) is 5.75 Å². The fourth-order valence-electron chi connectivity index (χ4n) is 3.54. The van der Waals surface area contributed by atoms with Gasteiger partial charge in [0, 0.05) is 6.42 Å². The largest absolute Gasteiger partial charge is 0.508 e. The molecule has 2 saturated carbocycles. The molecule has 1 aromatic carbocycles. The number of carbonyl (C=O) groups excluding carboxylic acids is 1. The number of ether oxygens (including phenoxy) is 2. The summed E-state index contributed by atoms with van der Waals surface area (Å²) in [5.74, 6) is 0.00687. The van der Waals surface area contributed by atoms with E-state index in [0.29, 0.717) is 6.42 Å². The number of esters is 1. The third-order valence-corrected chi connectivity index (χ3v) is 4.86. The summed E-state index contributed by atoms with van der Waals surface area (Å²) in [6.07, 6.45) is 8.85. The molecule has 2 aliphatic carbocycles. The van der Waals surface area contributed by atoms with Crippen molar-refractivity contribution in [3.05, 3.63) is 29.8 Å². The summed E-state index contributed by atoms with van der Waals surface area (Å²) >= 11 is 0. The zero-order valence-electron chi connectivity index (χ0n) is 13.6. The van der Waals surface area contributed by atoms with Crippen molar-refractivity contribution in [1.82, 2.24) is 0 Å². The summed E-state index contributed by atoms with van der Waals surface area (Å²) < 4.78 is 11.7. The predicted octanol–water partition coefficient (Wildman–Crippen LogP) is 3.75. The van der Waals surface area contributed by atoms with E-state index in [-0.39, 0.29) is 23.9 Å². The average Bonchev–Trinajstić information content (AvgIpc) is 3.22. The Bertz CT molecular complexity index is 499. The minimum Gasteiger partial charge on any atom is -0.508 e. The molecule has 4 nitrogen and oxygen atoms in total. The maximum Gasteiger partial charge on any atom is 0.335 e. The van der Waals surface area contributed by atoms with Crippen LogP contribution in [-0.4, -0.2) is 29.4 Å². The van der Waals surface area contributed by atoms with E-state index >= 15 is 0 Å². The van der Waals surface area contributed by atoms with Crippen molar-refractivity contribution in [3.63, 3.8) is 0 Å². The maximum atomic E-state index is 12.6. The van der Waals surface area contributed by atoms with Crippen molar-refractivity contribution in [2.24, 2.45) is 0 Å². The minimum absolute atomic E-state index is 0.0667. The molecule has 2 fully saturated rings. The van der Waals surface area contributed by atoms with Gasteiger partial charge in [-0.25, -0.2) is 4.79 Å². The Labute approximate surface area is 137 Å². The standard InChI is InChI=1S/C19H26O4/c20-15-11-9-14(10-12-15)13-18(22-16-5-1-2-6-16)19(21)23-17-7-3-4-8-17/h9-12,16-18,20H,1-8,13H2/t18-/m0/s1. The van der Waals surface area contributed by atoms with Crippen LogP contribution in [0.25, 0.3) is 0 Å². The highest BCUT2D eigenvalue weighted by atomic mass is 16.6. The van der Waals surface area contributed by atoms with Gasteiger partial charge in [0.1, 0.15) is 11.9 Å². The Morgan fingerprint density at radius 2 is 1.57 bits per heavy atom.